The van der Waals surface area contributed by atoms with Crippen molar-refractivity contribution in [1.29, 1.82) is 0 Å². The number of aryl methyl sites for hydroxylation is 2. The molecule has 1 aromatic carbocycles. The van der Waals surface area contributed by atoms with Crippen LogP contribution < -0.4 is 4.74 Å². The van der Waals surface area contributed by atoms with E-state index in [9.17, 15) is 0 Å². The maximum absolute atomic E-state index is 5.51. The summed E-state index contributed by atoms with van der Waals surface area (Å²) in [7, 11) is 0. The predicted molar refractivity (Wildman–Crippen MR) is 67.8 cm³/mol. The quantitative estimate of drug-likeness (QED) is 0.618. The molecule has 0 spiro atoms. The lowest BCUT2D eigenvalue weighted by Crippen LogP contribution is -1.87. The number of rotatable bonds is 0. The van der Waals surface area contributed by atoms with Gasteiger partial charge in [0.2, 0.25) is 0 Å². The SMILES string of the molecule is CC.CC.Cc1ccc(C)c2c1CCO2. The van der Waals surface area contributed by atoms with Crippen LogP contribution >= 0.6 is 0 Å². The largest absolute Gasteiger partial charge is 0.493 e. The Kier molecular flexibility index (Phi) is 6.85. The second kappa shape index (κ2) is 7.33. The highest BCUT2D eigenvalue weighted by Crippen LogP contribution is 2.31. The Morgan fingerprint density at radius 1 is 0.933 bits per heavy atom. The molecule has 1 aliphatic heterocycles. The van der Waals surface area contributed by atoms with E-state index in [0.717, 1.165) is 18.8 Å². The molecule has 0 N–H and O–H groups in total. The summed E-state index contributed by atoms with van der Waals surface area (Å²) >= 11 is 0. The van der Waals surface area contributed by atoms with Crippen molar-refractivity contribution in [3.05, 3.63) is 28.8 Å². The first kappa shape index (κ1) is 14.0. The van der Waals surface area contributed by atoms with Gasteiger partial charge in [-0.15, -0.1) is 0 Å². The monoisotopic (exact) mass is 208 g/mol. The second-order valence-electron chi connectivity index (χ2n) is 3.11. The molecule has 0 aromatic heterocycles. The summed E-state index contributed by atoms with van der Waals surface area (Å²) in [5, 5.41) is 0. The lowest BCUT2D eigenvalue weighted by atomic mass is 10.0. The molecule has 0 amide bonds. The van der Waals surface area contributed by atoms with Crippen molar-refractivity contribution in [2.45, 2.75) is 48.0 Å². The Hall–Kier alpha value is -0.980. The van der Waals surface area contributed by atoms with Crippen LogP contribution in [0, 0.1) is 13.8 Å². The average molecular weight is 208 g/mol. The van der Waals surface area contributed by atoms with Crippen LogP contribution in [0.15, 0.2) is 12.1 Å². The molecule has 15 heavy (non-hydrogen) atoms. The molecule has 1 nitrogen and oxygen atoms in total. The summed E-state index contributed by atoms with van der Waals surface area (Å²) in [4.78, 5) is 0. The van der Waals surface area contributed by atoms with Gasteiger partial charge in [-0.25, -0.2) is 0 Å². The number of hydrogen-bond donors (Lipinski definition) is 0. The molecule has 0 aliphatic carbocycles. The van der Waals surface area contributed by atoms with Crippen molar-refractivity contribution in [2.24, 2.45) is 0 Å². The Bertz CT molecular complexity index is 261. The molecule has 1 aromatic rings. The lowest BCUT2D eigenvalue weighted by Gasteiger charge is -2.04. The first-order valence-corrected chi connectivity index (χ1v) is 6.01. The van der Waals surface area contributed by atoms with Crippen molar-refractivity contribution in [3.63, 3.8) is 0 Å². The van der Waals surface area contributed by atoms with Gasteiger partial charge in [0.15, 0.2) is 0 Å². The highest BCUT2D eigenvalue weighted by molar-refractivity contribution is 5.47. The van der Waals surface area contributed by atoms with Crippen LogP contribution in [-0.2, 0) is 6.42 Å². The van der Waals surface area contributed by atoms with Crippen LogP contribution in [-0.4, -0.2) is 6.61 Å². The molecule has 1 heteroatoms. The Balaban J connectivity index is 0.000000442. The summed E-state index contributed by atoms with van der Waals surface area (Å²) in [6.45, 7) is 13.1. The van der Waals surface area contributed by atoms with E-state index in [0.29, 0.717) is 0 Å². The summed E-state index contributed by atoms with van der Waals surface area (Å²) < 4.78 is 5.51. The highest BCUT2D eigenvalue weighted by Gasteiger charge is 2.15. The van der Waals surface area contributed by atoms with Gasteiger partial charge in [-0.05, 0) is 25.0 Å². The van der Waals surface area contributed by atoms with Gasteiger partial charge in [-0.3, -0.25) is 0 Å². The third kappa shape index (κ3) is 3.26. The minimum Gasteiger partial charge on any atom is -0.493 e. The maximum Gasteiger partial charge on any atom is 0.125 e. The zero-order chi connectivity index (χ0) is 11.8. The third-order valence-electron chi connectivity index (χ3n) is 2.29. The van der Waals surface area contributed by atoms with E-state index in [1.807, 2.05) is 27.7 Å². The van der Waals surface area contributed by atoms with E-state index in [1.165, 1.54) is 16.7 Å². The van der Waals surface area contributed by atoms with Gasteiger partial charge in [0.05, 0.1) is 6.61 Å². The topological polar surface area (TPSA) is 9.23 Å². The van der Waals surface area contributed by atoms with Crippen LogP contribution in [0.2, 0.25) is 0 Å². The smallest absolute Gasteiger partial charge is 0.125 e. The Labute approximate surface area is 94.5 Å². The normalized spacial score (nSPS) is 11.3. The standard InChI is InChI=1S/C10H12O.2C2H6/c1-7-3-4-8(2)10-9(7)5-6-11-10;2*1-2/h3-4H,5-6H2,1-2H3;2*1-2H3. The van der Waals surface area contributed by atoms with Crippen LogP contribution in [0.3, 0.4) is 0 Å². The van der Waals surface area contributed by atoms with Gasteiger partial charge in [-0.2, -0.15) is 0 Å². The molecule has 1 aliphatic rings. The van der Waals surface area contributed by atoms with E-state index in [2.05, 4.69) is 26.0 Å². The van der Waals surface area contributed by atoms with Gasteiger partial charge < -0.3 is 4.74 Å². The number of fused-ring (bicyclic) bond motifs is 1. The van der Waals surface area contributed by atoms with Crippen molar-refractivity contribution in [1.82, 2.24) is 0 Å². The van der Waals surface area contributed by atoms with Gasteiger partial charge in [0.25, 0.3) is 0 Å². The van der Waals surface area contributed by atoms with Crippen molar-refractivity contribution < 1.29 is 4.74 Å². The summed E-state index contributed by atoms with van der Waals surface area (Å²) in [6.07, 6.45) is 1.09. The molecule has 0 fully saturated rings. The van der Waals surface area contributed by atoms with Crippen LogP contribution in [0.1, 0.15) is 44.4 Å². The Morgan fingerprint density at radius 2 is 1.47 bits per heavy atom. The third-order valence-corrected chi connectivity index (χ3v) is 2.29. The summed E-state index contributed by atoms with van der Waals surface area (Å²) in [5.74, 6) is 1.13. The molecular weight excluding hydrogens is 184 g/mol. The fourth-order valence-corrected chi connectivity index (χ4v) is 1.61. The molecule has 0 radical (unpaired) electrons. The summed E-state index contributed by atoms with van der Waals surface area (Å²) in [5.41, 5.74) is 4.04. The molecule has 0 saturated carbocycles. The number of ether oxygens (including phenoxy) is 1. The number of hydrogen-bond acceptors (Lipinski definition) is 1. The Morgan fingerprint density at radius 3 is 2.00 bits per heavy atom. The van der Waals surface area contributed by atoms with Crippen molar-refractivity contribution >= 4 is 0 Å². The molecule has 0 unspecified atom stereocenters. The fourth-order valence-electron chi connectivity index (χ4n) is 1.61. The van der Waals surface area contributed by atoms with Gasteiger partial charge >= 0.3 is 0 Å². The lowest BCUT2D eigenvalue weighted by molar-refractivity contribution is 0.354. The molecule has 0 atom stereocenters. The molecule has 0 saturated heterocycles. The van der Waals surface area contributed by atoms with E-state index in [1.54, 1.807) is 0 Å². The van der Waals surface area contributed by atoms with Crippen LogP contribution in [0.25, 0.3) is 0 Å². The zero-order valence-corrected chi connectivity index (χ0v) is 11.0. The first-order chi connectivity index (χ1) is 7.29. The minimum absolute atomic E-state index is 0.862. The van der Waals surface area contributed by atoms with E-state index < -0.39 is 0 Å². The van der Waals surface area contributed by atoms with Crippen molar-refractivity contribution in [2.75, 3.05) is 6.61 Å². The maximum atomic E-state index is 5.51. The van der Waals surface area contributed by atoms with E-state index >= 15 is 0 Å². The number of benzene rings is 1. The first-order valence-electron chi connectivity index (χ1n) is 6.01. The molecule has 2 rings (SSSR count). The molecule has 0 bridgehead atoms. The van der Waals surface area contributed by atoms with E-state index in [4.69, 9.17) is 4.74 Å². The highest BCUT2D eigenvalue weighted by atomic mass is 16.5. The molecule has 86 valence electrons. The minimum atomic E-state index is 0.862. The van der Waals surface area contributed by atoms with Crippen LogP contribution in [0.4, 0.5) is 0 Å². The van der Waals surface area contributed by atoms with Crippen molar-refractivity contribution in [3.8, 4) is 5.75 Å². The predicted octanol–water partition coefficient (Wildman–Crippen LogP) is 4.29. The molecular formula is C14H24O. The van der Waals surface area contributed by atoms with Gasteiger partial charge in [-0.1, -0.05) is 39.8 Å². The average Bonchev–Trinajstić information content (AvgIpc) is 2.79. The van der Waals surface area contributed by atoms with E-state index in [-0.39, 0.29) is 0 Å². The summed E-state index contributed by atoms with van der Waals surface area (Å²) in [6, 6.07) is 4.29. The van der Waals surface area contributed by atoms with Crippen LogP contribution in [0.5, 0.6) is 5.75 Å². The second-order valence-corrected chi connectivity index (χ2v) is 3.11. The molecule has 1 heterocycles. The fraction of sp³-hybridized carbons (Fsp3) is 0.571. The zero-order valence-electron chi connectivity index (χ0n) is 11.0. The van der Waals surface area contributed by atoms with Gasteiger partial charge in [0.1, 0.15) is 5.75 Å². The van der Waals surface area contributed by atoms with Gasteiger partial charge in [0, 0.05) is 12.0 Å².